The summed E-state index contributed by atoms with van der Waals surface area (Å²) in [5.41, 5.74) is 2.84. The van der Waals surface area contributed by atoms with Crippen LogP contribution in [0.25, 0.3) is 0 Å². The predicted molar refractivity (Wildman–Crippen MR) is 111 cm³/mol. The zero-order valence-corrected chi connectivity index (χ0v) is 16.1. The molecule has 0 spiro atoms. The van der Waals surface area contributed by atoms with Gasteiger partial charge in [-0.25, -0.2) is 0 Å². The Morgan fingerprint density at radius 3 is 2.76 bits per heavy atom. The van der Waals surface area contributed by atoms with E-state index in [2.05, 4.69) is 10.3 Å². The number of aryl methyl sites for hydroxylation is 1. The summed E-state index contributed by atoms with van der Waals surface area (Å²) < 4.78 is 5.82. The maximum absolute atomic E-state index is 12.7. The lowest BCUT2D eigenvalue weighted by Crippen LogP contribution is -2.24. The molecule has 0 aliphatic carbocycles. The Hall–Kier alpha value is -3.67. The largest absolute Gasteiger partial charge is 0.455 e. The van der Waals surface area contributed by atoms with Gasteiger partial charge in [-0.3, -0.25) is 14.6 Å². The molecule has 0 bridgehead atoms. The van der Waals surface area contributed by atoms with E-state index in [0.29, 0.717) is 35.7 Å². The standard InChI is InChI=1S/C23H21N3O3/c1-16-13-18(9-10-21(16)29-20-7-3-11-24-15-20)25-23(28)17-5-2-6-19(14-17)26-12-4-8-22(26)27/h2-3,5-7,9-11,13-15H,4,8,12H2,1H3,(H,25,28). The van der Waals surface area contributed by atoms with Crippen molar-refractivity contribution in [3.05, 3.63) is 78.1 Å². The normalized spacial score (nSPS) is 13.4. The monoisotopic (exact) mass is 387 g/mol. The average molecular weight is 387 g/mol. The third kappa shape index (κ3) is 4.27. The van der Waals surface area contributed by atoms with Gasteiger partial charge in [0.2, 0.25) is 5.91 Å². The summed E-state index contributed by atoms with van der Waals surface area (Å²) in [6.07, 6.45) is 4.74. The topological polar surface area (TPSA) is 71.5 Å². The minimum Gasteiger partial charge on any atom is -0.455 e. The number of benzene rings is 2. The molecule has 29 heavy (non-hydrogen) atoms. The van der Waals surface area contributed by atoms with E-state index in [4.69, 9.17) is 4.74 Å². The summed E-state index contributed by atoms with van der Waals surface area (Å²) in [6, 6.07) is 16.3. The van der Waals surface area contributed by atoms with Gasteiger partial charge in [-0.1, -0.05) is 6.07 Å². The zero-order chi connectivity index (χ0) is 20.2. The lowest BCUT2D eigenvalue weighted by Gasteiger charge is -2.16. The van der Waals surface area contributed by atoms with E-state index >= 15 is 0 Å². The molecule has 1 N–H and O–H groups in total. The predicted octanol–water partition coefficient (Wildman–Crippen LogP) is 4.56. The molecule has 2 aromatic carbocycles. The van der Waals surface area contributed by atoms with E-state index in [1.807, 2.05) is 37.3 Å². The van der Waals surface area contributed by atoms with E-state index in [1.165, 1.54) is 0 Å². The molecule has 2 amide bonds. The lowest BCUT2D eigenvalue weighted by molar-refractivity contribution is -0.117. The highest BCUT2D eigenvalue weighted by Gasteiger charge is 2.22. The number of pyridine rings is 1. The minimum absolute atomic E-state index is 0.0994. The Bertz CT molecular complexity index is 1050. The van der Waals surface area contributed by atoms with Crippen molar-refractivity contribution in [3.8, 4) is 11.5 Å². The quantitative estimate of drug-likeness (QED) is 0.697. The molecule has 6 nitrogen and oxygen atoms in total. The number of hydrogen-bond acceptors (Lipinski definition) is 4. The number of rotatable bonds is 5. The van der Waals surface area contributed by atoms with E-state index < -0.39 is 0 Å². The van der Waals surface area contributed by atoms with Crippen molar-refractivity contribution in [2.24, 2.45) is 0 Å². The smallest absolute Gasteiger partial charge is 0.255 e. The van der Waals surface area contributed by atoms with Gasteiger partial charge in [0.05, 0.1) is 6.20 Å². The van der Waals surface area contributed by atoms with E-state index in [1.54, 1.807) is 41.6 Å². The molecule has 0 radical (unpaired) electrons. The number of nitrogens with zero attached hydrogens (tertiary/aromatic N) is 2. The molecular weight excluding hydrogens is 366 g/mol. The number of anilines is 2. The van der Waals surface area contributed by atoms with Crippen LogP contribution in [-0.4, -0.2) is 23.3 Å². The van der Waals surface area contributed by atoms with Crippen molar-refractivity contribution in [1.82, 2.24) is 4.98 Å². The average Bonchev–Trinajstić information content (AvgIpc) is 3.17. The number of amides is 2. The summed E-state index contributed by atoms with van der Waals surface area (Å²) in [7, 11) is 0. The van der Waals surface area contributed by atoms with Gasteiger partial charge in [-0.05, 0) is 67.4 Å². The van der Waals surface area contributed by atoms with Crippen molar-refractivity contribution < 1.29 is 14.3 Å². The van der Waals surface area contributed by atoms with Crippen LogP contribution in [0.1, 0.15) is 28.8 Å². The van der Waals surface area contributed by atoms with Crippen molar-refractivity contribution in [2.75, 3.05) is 16.8 Å². The molecule has 1 aliphatic heterocycles. The molecular formula is C23H21N3O3. The second kappa shape index (κ2) is 8.14. The van der Waals surface area contributed by atoms with Crippen LogP contribution in [0.15, 0.2) is 67.0 Å². The van der Waals surface area contributed by atoms with Crippen molar-refractivity contribution in [3.63, 3.8) is 0 Å². The van der Waals surface area contributed by atoms with Gasteiger partial charge in [0.1, 0.15) is 11.5 Å². The summed E-state index contributed by atoms with van der Waals surface area (Å²) in [6.45, 7) is 2.61. The van der Waals surface area contributed by atoms with E-state index in [-0.39, 0.29) is 11.8 Å². The Labute approximate surface area is 169 Å². The molecule has 0 saturated carbocycles. The first-order chi connectivity index (χ1) is 14.1. The molecule has 6 heteroatoms. The maximum Gasteiger partial charge on any atom is 0.255 e. The van der Waals surface area contributed by atoms with Gasteiger partial charge in [-0.15, -0.1) is 0 Å². The van der Waals surface area contributed by atoms with Gasteiger partial charge in [0.25, 0.3) is 5.91 Å². The van der Waals surface area contributed by atoms with Crippen LogP contribution < -0.4 is 15.0 Å². The highest BCUT2D eigenvalue weighted by molar-refractivity contribution is 6.05. The minimum atomic E-state index is -0.223. The molecule has 0 unspecified atom stereocenters. The molecule has 3 aromatic rings. The maximum atomic E-state index is 12.7. The van der Waals surface area contributed by atoms with Gasteiger partial charge >= 0.3 is 0 Å². The van der Waals surface area contributed by atoms with Crippen molar-refractivity contribution in [2.45, 2.75) is 19.8 Å². The van der Waals surface area contributed by atoms with Crippen LogP contribution in [0.5, 0.6) is 11.5 Å². The Kier molecular flexibility index (Phi) is 5.24. The fourth-order valence-electron chi connectivity index (χ4n) is 3.32. The van der Waals surface area contributed by atoms with Gasteiger partial charge in [-0.2, -0.15) is 0 Å². The second-order valence-electron chi connectivity index (χ2n) is 6.92. The number of ether oxygens (including phenoxy) is 1. The molecule has 2 heterocycles. The molecule has 1 fully saturated rings. The lowest BCUT2D eigenvalue weighted by atomic mass is 10.1. The highest BCUT2D eigenvalue weighted by Crippen LogP contribution is 2.27. The fraction of sp³-hybridized carbons (Fsp3) is 0.174. The molecule has 1 aromatic heterocycles. The zero-order valence-electron chi connectivity index (χ0n) is 16.1. The Morgan fingerprint density at radius 2 is 2.03 bits per heavy atom. The number of hydrogen-bond donors (Lipinski definition) is 1. The molecule has 1 saturated heterocycles. The van der Waals surface area contributed by atoms with Crippen molar-refractivity contribution in [1.29, 1.82) is 0 Å². The van der Waals surface area contributed by atoms with E-state index in [9.17, 15) is 9.59 Å². The van der Waals surface area contributed by atoms with E-state index in [0.717, 1.165) is 17.7 Å². The third-order valence-electron chi connectivity index (χ3n) is 4.79. The molecule has 0 atom stereocenters. The number of carbonyl (C=O) groups is 2. The second-order valence-corrected chi connectivity index (χ2v) is 6.92. The van der Waals surface area contributed by atoms with Gasteiger partial charge in [0.15, 0.2) is 0 Å². The fourth-order valence-corrected chi connectivity index (χ4v) is 3.32. The summed E-state index contributed by atoms with van der Waals surface area (Å²) >= 11 is 0. The number of carbonyl (C=O) groups excluding carboxylic acids is 2. The summed E-state index contributed by atoms with van der Waals surface area (Å²) in [4.78, 5) is 30.4. The van der Waals surface area contributed by atoms with Gasteiger partial charge < -0.3 is 15.0 Å². The number of aromatic nitrogens is 1. The summed E-state index contributed by atoms with van der Waals surface area (Å²) in [5, 5.41) is 2.91. The first-order valence-electron chi connectivity index (χ1n) is 9.50. The van der Waals surface area contributed by atoms with Crippen LogP contribution in [-0.2, 0) is 4.79 Å². The van der Waals surface area contributed by atoms with Crippen molar-refractivity contribution >= 4 is 23.2 Å². The first kappa shape index (κ1) is 18.7. The SMILES string of the molecule is Cc1cc(NC(=O)c2cccc(N3CCCC3=O)c2)ccc1Oc1cccnc1. The molecule has 1 aliphatic rings. The summed E-state index contributed by atoms with van der Waals surface area (Å²) in [5.74, 6) is 1.23. The first-order valence-corrected chi connectivity index (χ1v) is 9.50. The third-order valence-corrected chi connectivity index (χ3v) is 4.79. The van der Waals surface area contributed by atoms with Crippen LogP contribution in [0.2, 0.25) is 0 Å². The van der Waals surface area contributed by atoms with Crippen LogP contribution in [0.3, 0.4) is 0 Å². The van der Waals surface area contributed by atoms with Gasteiger partial charge in [0, 0.05) is 36.1 Å². The molecule has 4 rings (SSSR count). The number of nitrogens with one attached hydrogen (secondary N) is 1. The van der Waals surface area contributed by atoms with Crippen LogP contribution in [0, 0.1) is 6.92 Å². The van der Waals surface area contributed by atoms with Crippen LogP contribution >= 0.6 is 0 Å². The van der Waals surface area contributed by atoms with Crippen LogP contribution in [0.4, 0.5) is 11.4 Å². The highest BCUT2D eigenvalue weighted by atomic mass is 16.5. The Balaban J connectivity index is 1.47. The molecule has 146 valence electrons. The Morgan fingerprint density at radius 1 is 1.14 bits per heavy atom.